The first-order valence-corrected chi connectivity index (χ1v) is 14.7. The molecule has 0 aliphatic heterocycles. The third-order valence-electron chi connectivity index (χ3n) is 5.88. The van der Waals surface area contributed by atoms with Crippen LogP contribution in [0.5, 0.6) is 0 Å². The van der Waals surface area contributed by atoms with Crippen LogP contribution in [0.2, 0.25) is 0 Å². The number of nitrogens with zero attached hydrogens (tertiary/aromatic N) is 6. The molecule has 0 saturated heterocycles. The first kappa shape index (κ1) is 27.0. The van der Waals surface area contributed by atoms with Gasteiger partial charge in [-0.05, 0) is 56.7 Å². The average molecular weight is 522 g/mol. The van der Waals surface area contributed by atoms with Crippen molar-refractivity contribution < 1.29 is 13.1 Å². The van der Waals surface area contributed by atoms with E-state index in [1.807, 2.05) is 0 Å². The third-order valence-corrected chi connectivity index (χ3v) is 5.88. The van der Waals surface area contributed by atoms with Gasteiger partial charge in [0.15, 0.2) is 0 Å². The molecular formula is C23H36Cl2MnN6. The molecule has 0 N–H and O–H groups in total. The van der Waals surface area contributed by atoms with E-state index in [4.69, 9.17) is 35.5 Å². The molecule has 0 unspecified atom stereocenters. The Kier molecular flexibility index (Phi) is 10.3. The third kappa shape index (κ3) is 5.27. The van der Waals surface area contributed by atoms with Gasteiger partial charge in [-0.1, -0.05) is 41.5 Å². The van der Waals surface area contributed by atoms with Crippen LogP contribution in [0.25, 0.3) is 0 Å². The van der Waals surface area contributed by atoms with Crippen molar-refractivity contribution in [2.24, 2.45) is 0 Å². The number of halogens is 2. The summed E-state index contributed by atoms with van der Waals surface area (Å²) in [4.78, 5) is 0. The summed E-state index contributed by atoms with van der Waals surface area (Å²) in [7, 11) is 9.59. The van der Waals surface area contributed by atoms with Gasteiger partial charge in [0, 0.05) is 24.0 Å². The molecule has 0 bridgehead atoms. The number of rotatable bonds is 9. The molecule has 3 heterocycles. The molecule has 0 fully saturated rings. The van der Waals surface area contributed by atoms with Crippen molar-refractivity contribution in [3.05, 3.63) is 52.4 Å². The topological polar surface area (TPSA) is 53.5 Å². The van der Waals surface area contributed by atoms with E-state index in [-0.39, 0.29) is 13.1 Å². The van der Waals surface area contributed by atoms with Crippen LogP contribution in [0.15, 0.2) is 18.2 Å². The summed E-state index contributed by atoms with van der Waals surface area (Å²) in [6.07, 6.45) is 5.47. The summed E-state index contributed by atoms with van der Waals surface area (Å²) in [6, 6.07) is 6.68. The van der Waals surface area contributed by atoms with Crippen LogP contribution in [0.1, 0.15) is 82.6 Å². The molecule has 0 saturated carbocycles. The van der Waals surface area contributed by atoms with Gasteiger partial charge in [0.25, 0.3) is 0 Å². The van der Waals surface area contributed by atoms with E-state index >= 15 is 0 Å². The molecular weight excluding hydrogens is 486 g/mol. The van der Waals surface area contributed by atoms with E-state index in [9.17, 15) is 0 Å². The molecule has 0 aliphatic rings. The fourth-order valence-electron chi connectivity index (χ4n) is 4.07. The van der Waals surface area contributed by atoms with Gasteiger partial charge in [0.2, 0.25) is 5.79 Å². The molecule has 32 heavy (non-hydrogen) atoms. The van der Waals surface area contributed by atoms with Crippen molar-refractivity contribution in [1.29, 1.82) is 0 Å². The van der Waals surface area contributed by atoms with E-state index in [0.717, 1.165) is 55.6 Å². The van der Waals surface area contributed by atoms with Crippen molar-refractivity contribution >= 4 is 20.2 Å². The second-order valence-corrected chi connectivity index (χ2v) is 9.71. The Balaban J connectivity index is 0.00000114. The maximum absolute atomic E-state index is 5.04. The van der Waals surface area contributed by atoms with E-state index in [1.165, 1.54) is 17.1 Å². The standard InChI is InChI=1S/C23H36N6.2ClH.Mn/c1-8-17-14-20(11-4)27(24-17)23(7,28-21(12-5)15-18(9-2)25-28)29-22(13-6)16-19(10-3)26-29;;;/h14-16H,8-13H2,1-7H3;2*1H;/q;;;+2/p-2. The Morgan fingerprint density at radius 2 is 0.875 bits per heavy atom. The summed E-state index contributed by atoms with van der Waals surface area (Å²) in [6.45, 7) is 15.2. The van der Waals surface area contributed by atoms with Gasteiger partial charge in [-0.3, -0.25) is 0 Å². The number of hydrogen-bond acceptors (Lipinski definition) is 3. The van der Waals surface area contributed by atoms with Crippen LogP contribution in [0, 0.1) is 0 Å². The van der Waals surface area contributed by atoms with Gasteiger partial charge in [0.05, 0.1) is 17.1 Å². The average Bonchev–Trinajstić information content (AvgIpc) is 3.54. The van der Waals surface area contributed by atoms with Crippen molar-refractivity contribution in [3.8, 4) is 0 Å². The van der Waals surface area contributed by atoms with Crippen LogP contribution in [0.4, 0.5) is 0 Å². The molecule has 3 aromatic rings. The summed E-state index contributed by atoms with van der Waals surface area (Å²) in [5.74, 6) is -0.670. The van der Waals surface area contributed by atoms with Crippen LogP contribution in [0.3, 0.4) is 0 Å². The summed E-state index contributed by atoms with van der Waals surface area (Å²) >= 11 is 0.00694. The van der Waals surface area contributed by atoms with Crippen LogP contribution < -0.4 is 0 Å². The number of hydrogen-bond donors (Lipinski definition) is 0. The molecule has 0 amide bonds. The second kappa shape index (κ2) is 12.3. The molecule has 9 heteroatoms. The summed E-state index contributed by atoms with van der Waals surface area (Å²) in [5, 5.41) is 15.1. The zero-order valence-electron chi connectivity index (χ0n) is 20.3. The summed E-state index contributed by atoms with van der Waals surface area (Å²) < 4.78 is 6.47. The quantitative estimate of drug-likeness (QED) is 0.336. The van der Waals surface area contributed by atoms with Gasteiger partial charge >= 0.3 is 33.3 Å². The van der Waals surface area contributed by atoms with Gasteiger partial charge in [-0.2, -0.15) is 15.3 Å². The Morgan fingerprint density at radius 1 is 0.625 bits per heavy atom. The van der Waals surface area contributed by atoms with Gasteiger partial charge in [-0.15, -0.1) is 0 Å². The van der Waals surface area contributed by atoms with Gasteiger partial charge < -0.3 is 0 Å². The van der Waals surface area contributed by atoms with Gasteiger partial charge in [-0.25, -0.2) is 14.0 Å². The Bertz CT molecular complexity index is 869. The first-order valence-electron chi connectivity index (χ1n) is 11.5. The monoisotopic (exact) mass is 521 g/mol. The Morgan fingerprint density at radius 3 is 1.06 bits per heavy atom. The van der Waals surface area contributed by atoms with E-state index < -0.39 is 5.79 Å². The molecule has 0 spiro atoms. The molecule has 0 atom stereocenters. The fourth-order valence-corrected chi connectivity index (χ4v) is 4.07. The normalized spacial score (nSPS) is 11.5. The molecule has 179 valence electrons. The molecule has 6 nitrogen and oxygen atoms in total. The maximum atomic E-state index is 5.04. The molecule has 3 aromatic heterocycles. The van der Waals surface area contributed by atoms with Crippen molar-refractivity contribution in [2.75, 3.05) is 0 Å². The predicted octanol–water partition coefficient (Wildman–Crippen LogP) is 5.75. The SMILES string of the molecule is CCc1cc(CC)n(C(C)(n2nc(CC)cc2CC)n2nc(CC)cc2CC)n1.[Cl][Mn][Cl]. The van der Waals surface area contributed by atoms with Crippen LogP contribution in [-0.2, 0) is 57.4 Å². The van der Waals surface area contributed by atoms with E-state index in [1.54, 1.807) is 0 Å². The Hall–Kier alpha value is -1.27. The van der Waals surface area contributed by atoms with Gasteiger partial charge in [0.1, 0.15) is 0 Å². The molecule has 0 aliphatic carbocycles. The number of aromatic nitrogens is 6. The van der Waals surface area contributed by atoms with E-state index in [2.05, 4.69) is 80.7 Å². The van der Waals surface area contributed by atoms with Crippen molar-refractivity contribution in [3.63, 3.8) is 0 Å². The minimum absolute atomic E-state index is 0.00694. The predicted molar refractivity (Wildman–Crippen MR) is 129 cm³/mol. The zero-order valence-corrected chi connectivity index (χ0v) is 23.0. The minimum atomic E-state index is -0.670. The second-order valence-electron chi connectivity index (χ2n) is 7.76. The number of aryl methyl sites for hydroxylation is 6. The molecule has 3 rings (SSSR count). The Labute approximate surface area is 207 Å². The molecule has 0 aromatic carbocycles. The fraction of sp³-hybridized carbons (Fsp3) is 0.609. The van der Waals surface area contributed by atoms with Crippen molar-refractivity contribution in [2.45, 2.75) is 92.8 Å². The van der Waals surface area contributed by atoms with Crippen molar-refractivity contribution in [1.82, 2.24) is 29.3 Å². The zero-order chi connectivity index (χ0) is 23.9. The van der Waals surface area contributed by atoms with E-state index in [0.29, 0.717) is 0 Å². The van der Waals surface area contributed by atoms with Crippen LogP contribution >= 0.6 is 20.2 Å². The first-order chi connectivity index (χ1) is 15.4. The molecule has 0 radical (unpaired) electrons. The van der Waals surface area contributed by atoms with Crippen LogP contribution in [-0.4, -0.2) is 29.3 Å². The summed E-state index contributed by atoms with van der Waals surface area (Å²) in [5.41, 5.74) is 6.93.